The molecule has 5 rings (SSSR count). The summed E-state index contributed by atoms with van der Waals surface area (Å²) in [5.74, 6) is 1.31. The second-order valence-electron chi connectivity index (χ2n) is 8.13. The number of hydrogen-bond donors (Lipinski definition) is 1. The Kier molecular flexibility index (Phi) is 5.40. The van der Waals surface area contributed by atoms with Gasteiger partial charge in [0.2, 0.25) is 5.95 Å². The van der Waals surface area contributed by atoms with Crippen molar-refractivity contribution in [3.05, 3.63) is 65.0 Å². The third-order valence-corrected chi connectivity index (χ3v) is 5.83. The maximum Gasteiger partial charge on any atom is 0.293 e. The molecule has 1 fully saturated rings. The normalized spacial score (nSPS) is 17.1. The number of piperidine rings is 1. The molecule has 1 aliphatic heterocycles. The van der Waals surface area contributed by atoms with Gasteiger partial charge < -0.3 is 15.2 Å². The van der Waals surface area contributed by atoms with Crippen molar-refractivity contribution in [2.45, 2.75) is 38.9 Å². The van der Waals surface area contributed by atoms with Crippen LogP contribution in [0.15, 0.2) is 53.6 Å². The summed E-state index contributed by atoms with van der Waals surface area (Å²) >= 11 is 0. The molecule has 0 saturated carbocycles. The zero-order valence-electron chi connectivity index (χ0n) is 18.1. The van der Waals surface area contributed by atoms with E-state index in [1.807, 2.05) is 47.9 Å². The molecule has 164 valence electrons. The van der Waals surface area contributed by atoms with Gasteiger partial charge in [0.15, 0.2) is 5.82 Å². The molecule has 4 aromatic rings. The maximum atomic E-state index is 13.5. The monoisotopic (exact) mass is 430 g/mol. The van der Waals surface area contributed by atoms with Gasteiger partial charge in [0, 0.05) is 37.3 Å². The molecule has 0 bridgehead atoms. The number of rotatable bonds is 5. The lowest BCUT2D eigenvalue weighted by atomic mass is 10.1. The number of aromatic nitrogens is 6. The molecule has 0 aliphatic carbocycles. The summed E-state index contributed by atoms with van der Waals surface area (Å²) in [6, 6.07) is 7.89. The highest BCUT2D eigenvalue weighted by Crippen LogP contribution is 2.23. The van der Waals surface area contributed by atoms with Gasteiger partial charge in [-0.1, -0.05) is 30.4 Å². The van der Waals surface area contributed by atoms with Crippen molar-refractivity contribution in [1.82, 2.24) is 29.3 Å². The first kappa shape index (κ1) is 20.3. The van der Waals surface area contributed by atoms with Crippen LogP contribution in [0.2, 0.25) is 0 Å². The van der Waals surface area contributed by atoms with Crippen LogP contribution in [0.25, 0.3) is 21.9 Å². The van der Waals surface area contributed by atoms with E-state index < -0.39 is 0 Å². The summed E-state index contributed by atoms with van der Waals surface area (Å²) in [6.45, 7) is 4.32. The first-order chi connectivity index (χ1) is 15.6. The molecule has 1 unspecified atom stereocenters. The van der Waals surface area contributed by atoms with Crippen molar-refractivity contribution in [3.8, 4) is 0 Å². The third kappa shape index (κ3) is 3.75. The summed E-state index contributed by atoms with van der Waals surface area (Å²) in [7, 11) is 0. The van der Waals surface area contributed by atoms with Crippen molar-refractivity contribution in [3.63, 3.8) is 0 Å². The summed E-state index contributed by atoms with van der Waals surface area (Å²) in [4.78, 5) is 29.4. The molecular weight excluding hydrogens is 404 g/mol. The van der Waals surface area contributed by atoms with Gasteiger partial charge in [-0.15, -0.1) is 0 Å². The average Bonchev–Trinajstić information content (AvgIpc) is 3.19. The van der Waals surface area contributed by atoms with Crippen molar-refractivity contribution in [1.29, 1.82) is 0 Å². The maximum absolute atomic E-state index is 13.5. The Morgan fingerprint density at radius 1 is 1.19 bits per heavy atom. The first-order valence-electron chi connectivity index (χ1n) is 10.9. The molecule has 1 atom stereocenters. The van der Waals surface area contributed by atoms with Gasteiger partial charge >= 0.3 is 0 Å². The lowest BCUT2D eigenvalue weighted by molar-refractivity contribution is 0.495. The van der Waals surface area contributed by atoms with E-state index in [9.17, 15) is 4.79 Å². The zero-order valence-corrected chi connectivity index (χ0v) is 18.1. The number of nitrogens with zero attached hydrogens (tertiary/aromatic N) is 7. The second kappa shape index (κ2) is 8.51. The Morgan fingerprint density at radius 2 is 2.06 bits per heavy atom. The van der Waals surface area contributed by atoms with Crippen LogP contribution in [0.3, 0.4) is 0 Å². The van der Waals surface area contributed by atoms with Crippen LogP contribution in [0, 0.1) is 0 Å². The number of hydrogen-bond acceptors (Lipinski definition) is 7. The quantitative estimate of drug-likeness (QED) is 0.483. The van der Waals surface area contributed by atoms with Gasteiger partial charge in [0.25, 0.3) is 5.56 Å². The lowest BCUT2D eigenvalue weighted by Crippen LogP contribution is -2.44. The predicted molar refractivity (Wildman–Crippen MR) is 125 cm³/mol. The molecule has 9 heteroatoms. The molecule has 3 aromatic heterocycles. The highest BCUT2D eigenvalue weighted by molar-refractivity contribution is 5.78. The van der Waals surface area contributed by atoms with E-state index in [1.165, 1.54) is 4.68 Å². The Morgan fingerprint density at radius 3 is 2.91 bits per heavy atom. The second-order valence-corrected chi connectivity index (χ2v) is 8.13. The molecule has 1 aromatic carbocycles. The topological polar surface area (TPSA) is 108 Å². The Bertz CT molecular complexity index is 1360. The van der Waals surface area contributed by atoms with E-state index in [-0.39, 0.29) is 18.1 Å². The molecule has 32 heavy (non-hydrogen) atoms. The van der Waals surface area contributed by atoms with Gasteiger partial charge in [-0.3, -0.25) is 4.79 Å². The van der Waals surface area contributed by atoms with E-state index in [1.54, 1.807) is 12.4 Å². The highest BCUT2D eigenvalue weighted by atomic mass is 16.1. The van der Waals surface area contributed by atoms with Crippen LogP contribution >= 0.6 is 0 Å². The molecule has 1 aliphatic rings. The van der Waals surface area contributed by atoms with Crippen LogP contribution in [0.1, 0.15) is 25.6 Å². The summed E-state index contributed by atoms with van der Waals surface area (Å²) in [5.41, 5.74) is 7.96. The van der Waals surface area contributed by atoms with E-state index >= 15 is 0 Å². The Balaban J connectivity index is 1.57. The number of benzene rings is 1. The van der Waals surface area contributed by atoms with Gasteiger partial charge in [-0.2, -0.15) is 5.10 Å². The van der Waals surface area contributed by atoms with E-state index in [2.05, 4.69) is 20.0 Å². The number of imidazole rings is 1. The van der Waals surface area contributed by atoms with Crippen LogP contribution in [-0.4, -0.2) is 48.4 Å². The molecule has 0 spiro atoms. The molecule has 4 heterocycles. The fourth-order valence-corrected chi connectivity index (χ4v) is 4.22. The number of fused-ring (bicyclic) bond motifs is 2. The first-order valence-corrected chi connectivity index (χ1v) is 10.9. The lowest BCUT2D eigenvalue weighted by Gasteiger charge is -2.31. The SMILES string of the molecule is C/C=C/Cn1c(N2CCCC(N)C2)nc2cnn(Cc3ncc4ccccc4n3)c(=O)c21. The van der Waals surface area contributed by atoms with E-state index in [0.717, 1.165) is 42.8 Å². The number of para-hydroxylation sites is 1. The molecule has 2 N–H and O–H groups in total. The zero-order chi connectivity index (χ0) is 22.1. The van der Waals surface area contributed by atoms with Crippen LogP contribution in [0.5, 0.6) is 0 Å². The van der Waals surface area contributed by atoms with Crippen molar-refractivity contribution >= 4 is 27.9 Å². The van der Waals surface area contributed by atoms with Gasteiger partial charge in [0.1, 0.15) is 17.6 Å². The molecule has 9 nitrogen and oxygen atoms in total. The summed E-state index contributed by atoms with van der Waals surface area (Å²) in [6.07, 6.45) is 9.43. The van der Waals surface area contributed by atoms with Gasteiger partial charge in [-0.25, -0.2) is 19.6 Å². The van der Waals surface area contributed by atoms with Crippen molar-refractivity contribution < 1.29 is 0 Å². The molecule has 1 saturated heterocycles. The predicted octanol–water partition coefficient (Wildman–Crippen LogP) is 2.09. The molecule has 0 radical (unpaired) electrons. The largest absolute Gasteiger partial charge is 0.341 e. The smallest absolute Gasteiger partial charge is 0.293 e. The van der Waals surface area contributed by atoms with Gasteiger partial charge in [0.05, 0.1) is 11.7 Å². The Hall–Kier alpha value is -3.59. The fraction of sp³-hybridized carbons (Fsp3) is 0.348. The summed E-state index contributed by atoms with van der Waals surface area (Å²) < 4.78 is 3.38. The fourth-order valence-electron chi connectivity index (χ4n) is 4.22. The molecule has 0 amide bonds. The third-order valence-electron chi connectivity index (χ3n) is 5.83. The Labute approximate surface area is 185 Å². The highest BCUT2D eigenvalue weighted by Gasteiger charge is 2.24. The minimum atomic E-state index is -0.205. The van der Waals surface area contributed by atoms with Crippen LogP contribution in [-0.2, 0) is 13.1 Å². The molecular formula is C23H26N8O. The van der Waals surface area contributed by atoms with E-state index in [4.69, 9.17) is 10.7 Å². The van der Waals surface area contributed by atoms with E-state index in [0.29, 0.717) is 23.4 Å². The number of anilines is 1. The van der Waals surface area contributed by atoms with Crippen molar-refractivity contribution in [2.24, 2.45) is 5.73 Å². The average molecular weight is 431 g/mol. The minimum absolute atomic E-state index is 0.110. The van der Waals surface area contributed by atoms with Crippen LogP contribution < -0.4 is 16.2 Å². The number of nitrogens with two attached hydrogens (primary N) is 1. The summed E-state index contributed by atoms with van der Waals surface area (Å²) in [5, 5.41) is 5.32. The minimum Gasteiger partial charge on any atom is -0.341 e. The standard InChI is InChI=1S/C23H26N8O/c1-2-3-11-30-21-19(28-23(30)29-10-6-8-17(24)14-29)13-26-31(22(21)32)15-20-25-12-16-7-4-5-9-18(16)27-20/h2-5,7,9,12-13,17H,6,8,10-11,14-15,24H2,1H3/b3-2+. The van der Waals surface area contributed by atoms with Gasteiger partial charge in [-0.05, 0) is 25.8 Å². The number of allylic oxidation sites excluding steroid dienone is 2. The van der Waals surface area contributed by atoms with Crippen molar-refractivity contribution in [2.75, 3.05) is 18.0 Å². The van der Waals surface area contributed by atoms with Crippen LogP contribution in [0.4, 0.5) is 5.95 Å².